The Hall–Kier alpha value is -2.34. The van der Waals surface area contributed by atoms with Gasteiger partial charge in [0, 0.05) is 5.41 Å². The van der Waals surface area contributed by atoms with Crippen molar-refractivity contribution in [2.24, 2.45) is 5.41 Å². The Labute approximate surface area is 218 Å². The molecule has 0 aliphatic carbocycles. The Bertz CT molecular complexity index is 1040. The third-order valence-electron chi connectivity index (χ3n) is 7.12. The number of hydrogen-bond acceptors (Lipinski definition) is 0. The van der Waals surface area contributed by atoms with Crippen LogP contribution in [0.5, 0.6) is 0 Å². The molecule has 0 aliphatic rings. The van der Waals surface area contributed by atoms with Gasteiger partial charge in [-0.1, -0.05) is 109 Å². The molecule has 192 valence electrons. The zero-order valence-electron chi connectivity index (χ0n) is 24.9. The van der Waals surface area contributed by atoms with E-state index in [9.17, 15) is 0 Å². The SMILES string of the molecule is C=C(/C=C/C(CC)=C(C)/C(=C\C(C)=C(C)\C=C(/C)CC(C)(C)C)CC)C(C)(C)c1ccccc1C. The Morgan fingerprint density at radius 1 is 0.829 bits per heavy atom. The highest BCUT2D eigenvalue weighted by Crippen LogP contribution is 2.34. The van der Waals surface area contributed by atoms with Crippen molar-refractivity contribution in [2.75, 3.05) is 0 Å². The lowest BCUT2D eigenvalue weighted by molar-refractivity contribution is 0.409. The first kappa shape index (κ1) is 30.7. The maximum absolute atomic E-state index is 4.46. The van der Waals surface area contributed by atoms with E-state index in [1.807, 2.05) is 0 Å². The highest BCUT2D eigenvalue weighted by atomic mass is 14.3. The van der Waals surface area contributed by atoms with Crippen LogP contribution in [0.2, 0.25) is 0 Å². The van der Waals surface area contributed by atoms with Crippen LogP contribution in [0.3, 0.4) is 0 Å². The van der Waals surface area contributed by atoms with Gasteiger partial charge in [0.2, 0.25) is 0 Å². The minimum absolute atomic E-state index is 0.105. The van der Waals surface area contributed by atoms with Gasteiger partial charge >= 0.3 is 0 Å². The van der Waals surface area contributed by atoms with Crippen molar-refractivity contribution in [2.45, 2.75) is 108 Å². The summed E-state index contributed by atoms with van der Waals surface area (Å²) in [6, 6.07) is 8.64. The molecule has 0 aromatic heterocycles. The van der Waals surface area contributed by atoms with E-state index in [-0.39, 0.29) is 5.41 Å². The van der Waals surface area contributed by atoms with Gasteiger partial charge in [-0.05, 0) is 104 Å². The Balaban J connectivity index is 3.29. The number of allylic oxidation sites excluding steroid dienone is 11. The second kappa shape index (κ2) is 13.1. The van der Waals surface area contributed by atoms with Gasteiger partial charge in [0.05, 0.1) is 0 Å². The molecule has 0 heteroatoms. The van der Waals surface area contributed by atoms with Gasteiger partial charge in [-0.25, -0.2) is 0 Å². The van der Waals surface area contributed by atoms with Gasteiger partial charge in [-0.2, -0.15) is 0 Å². The average molecular weight is 473 g/mol. The number of rotatable bonds is 10. The standard InChI is InChI=1S/C35H52/c1-14-31(21-20-29(7)35(12,13)33-19-17-16-18-26(33)4)30(8)32(15-2)23-28(6)27(5)22-25(3)24-34(9,10)11/h16-23H,7,14-15,24H2,1-6,8-13H3/b21-20+,25-22+,28-27+,31-30+,32-23-. The molecule has 0 heterocycles. The first-order valence-corrected chi connectivity index (χ1v) is 13.3. The first-order chi connectivity index (χ1) is 16.1. The summed E-state index contributed by atoms with van der Waals surface area (Å²) in [7, 11) is 0. The minimum Gasteiger partial charge on any atom is -0.0949 e. The largest absolute Gasteiger partial charge is 0.0949 e. The minimum atomic E-state index is -0.105. The molecule has 0 N–H and O–H groups in total. The van der Waals surface area contributed by atoms with Crippen molar-refractivity contribution in [1.29, 1.82) is 0 Å². The molecular formula is C35H52. The maximum atomic E-state index is 4.46. The Kier molecular flexibility index (Phi) is 11.5. The monoisotopic (exact) mass is 472 g/mol. The van der Waals surface area contributed by atoms with Crippen molar-refractivity contribution in [3.63, 3.8) is 0 Å². The van der Waals surface area contributed by atoms with Crippen molar-refractivity contribution < 1.29 is 0 Å². The molecule has 0 saturated heterocycles. The first-order valence-electron chi connectivity index (χ1n) is 13.3. The van der Waals surface area contributed by atoms with Crippen molar-refractivity contribution >= 4 is 0 Å². The molecule has 35 heavy (non-hydrogen) atoms. The molecule has 0 unspecified atom stereocenters. The molecule has 0 fully saturated rings. The van der Waals surface area contributed by atoms with Crippen LogP contribution in [0.15, 0.2) is 94.2 Å². The third kappa shape index (κ3) is 9.32. The van der Waals surface area contributed by atoms with Gasteiger partial charge in [0.15, 0.2) is 0 Å². The van der Waals surface area contributed by atoms with E-state index in [4.69, 9.17) is 0 Å². The predicted molar refractivity (Wildman–Crippen MR) is 160 cm³/mol. The van der Waals surface area contributed by atoms with E-state index in [2.05, 4.69) is 138 Å². The zero-order chi connectivity index (χ0) is 27.0. The lowest BCUT2D eigenvalue weighted by atomic mass is 9.76. The molecule has 0 atom stereocenters. The maximum Gasteiger partial charge on any atom is 0.0143 e. The number of hydrogen-bond donors (Lipinski definition) is 0. The van der Waals surface area contributed by atoms with E-state index >= 15 is 0 Å². The summed E-state index contributed by atoms with van der Waals surface area (Å²) in [5.74, 6) is 0. The molecule has 1 aromatic rings. The van der Waals surface area contributed by atoms with Gasteiger partial charge in [0.25, 0.3) is 0 Å². The summed E-state index contributed by atoms with van der Waals surface area (Å²) in [5.41, 5.74) is 12.3. The lowest BCUT2D eigenvalue weighted by Gasteiger charge is -2.28. The summed E-state index contributed by atoms with van der Waals surface area (Å²) in [6.07, 6.45) is 12.4. The molecule has 0 aliphatic heterocycles. The molecule has 0 radical (unpaired) electrons. The van der Waals surface area contributed by atoms with Crippen molar-refractivity contribution in [1.82, 2.24) is 0 Å². The third-order valence-corrected chi connectivity index (χ3v) is 7.12. The fourth-order valence-corrected chi connectivity index (χ4v) is 4.79. The molecule has 0 saturated carbocycles. The Morgan fingerprint density at radius 2 is 1.40 bits per heavy atom. The highest BCUT2D eigenvalue weighted by molar-refractivity contribution is 5.47. The molecule has 0 spiro atoms. The van der Waals surface area contributed by atoms with Gasteiger partial charge in [-0.15, -0.1) is 0 Å². The van der Waals surface area contributed by atoms with Gasteiger partial charge in [-0.3, -0.25) is 0 Å². The topological polar surface area (TPSA) is 0 Å². The summed E-state index contributed by atoms with van der Waals surface area (Å²) in [4.78, 5) is 0. The van der Waals surface area contributed by atoms with Crippen LogP contribution in [0, 0.1) is 12.3 Å². The van der Waals surface area contributed by atoms with Crippen LogP contribution in [-0.2, 0) is 5.41 Å². The smallest absolute Gasteiger partial charge is 0.0143 e. The van der Waals surface area contributed by atoms with Gasteiger partial charge < -0.3 is 0 Å². The van der Waals surface area contributed by atoms with Crippen LogP contribution in [0.4, 0.5) is 0 Å². The van der Waals surface area contributed by atoms with Crippen molar-refractivity contribution in [3.8, 4) is 0 Å². The second-order valence-electron chi connectivity index (χ2n) is 11.9. The zero-order valence-corrected chi connectivity index (χ0v) is 24.9. The molecule has 0 bridgehead atoms. The molecule has 1 rings (SSSR count). The van der Waals surface area contributed by atoms with E-state index in [1.54, 1.807) is 0 Å². The second-order valence-corrected chi connectivity index (χ2v) is 11.9. The van der Waals surface area contributed by atoms with Crippen LogP contribution in [0.25, 0.3) is 0 Å². The summed E-state index contributed by atoms with van der Waals surface area (Å²) >= 11 is 0. The van der Waals surface area contributed by atoms with Crippen LogP contribution in [-0.4, -0.2) is 0 Å². The van der Waals surface area contributed by atoms with E-state index in [1.165, 1.54) is 44.6 Å². The van der Waals surface area contributed by atoms with Crippen LogP contribution in [0.1, 0.15) is 107 Å². The quantitative estimate of drug-likeness (QED) is 0.297. The fraction of sp³-hybridized carbons (Fsp3) is 0.486. The van der Waals surface area contributed by atoms with E-state index in [0.717, 1.165) is 24.8 Å². The average Bonchev–Trinajstić information content (AvgIpc) is 2.75. The van der Waals surface area contributed by atoms with E-state index < -0.39 is 0 Å². The normalized spacial score (nSPS) is 15.3. The Morgan fingerprint density at radius 3 is 1.91 bits per heavy atom. The summed E-state index contributed by atoms with van der Waals surface area (Å²) in [5, 5.41) is 0. The van der Waals surface area contributed by atoms with Crippen LogP contribution < -0.4 is 0 Å². The molecule has 0 amide bonds. The summed E-state index contributed by atoms with van der Waals surface area (Å²) < 4.78 is 0. The molecule has 1 aromatic carbocycles. The van der Waals surface area contributed by atoms with Crippen LogP contribution >= 0.6 is 0 Å². The summed E-state index contributed by atoms with van der Waals surface area (Å²) in [6.45, 7) is 31.6. The molecule has 0 nitrogen and oxygen atoms in total. The number of aryl methyl sites for hydroxylation is 1. The molecular weight excluding hydrogens is 420 g/mol. The van der Waals surface area contributed by atoms with Gasteiger partial charge in [0.1, 0.15) is 0 Å². The number of benzene rings is 1. The lowest BCUT2D eigenvalue weighted by Crippen LogP contribution is -2.20. The van der Waals surface area contributed by atoms with E-state index in [0.29, 0.717) is 5.41 Å². The highest BCUT2D eigenvalue weighted by Gasteiger charge is 2.24. The van der Waals surface area contributed by atoms with Crippen molar-refractivity contribution in [3.05, 3.63) is 105 Å². The predicted octanol–water partition coefficient (Wildman–Crippen LogP) is 11.2. The fourth-order valence-electron chi connectivity index (χ4n) is 4.79.